The molecule has 1 nitrogen and oxygen atoms in total. The molecular formula is C24H41N. The largest absolute Gasteiger partial charge is 0.324 e. The van der Waals surface area contributed by atoms with Crippen LogP contribution in [-0.4, -0.2) is 0 Å². The Morgan fingerprint density at radius 1 is 0.720 bits per heavy atom. The molecule has 0 aliphatic rings. The smallest absolute Gasteiger partial charge is 0.0294 e. The van der Waals surface area contributed by atoms with Gasteiger partial charge in [-0.1, -0.05) is 107 Å². The van der Waals surface area contributed by atoms with Crippen molar-refractivity contribution in [2.24, 2.45) is 5.73 Å². The average molecular weight is 344 g/mol. The van der Waals surface area contributed by atoms with Crippen molar-refractivity contribution >= 4 is 0 Å². The Balaban J connectivity index is 1.83. The minimum atomic E-state index is 0.214. The Kier molecular flexibility index (Phi) is 14.4. The highest BCUT2D eigenvalue weighted by molar-refractivity contribution is 5.18. The van der Waals surface area contributed by atoms with Gasteiger partial charge >= 0.3 is 0 Å². The predicted molar refractivity (Wildman–Crippen MR) is 113 cm³/mol. The molecule has 0 bridgehead atoms. The summed E-state index contributed by atoms with van der Waals surface area (Å²) in [6.45, 7) is 2.28. The second kappa shape index (κ2) is 16.4. The Bertz CT molecular complexity index is 409. The molecule has 0 radical (unpaired) electrons. The van der Waals surface area contributed by atoms with Crippen LogP contribution in [0.4, 0.5) is 0 Å². The highest BCUT2D eigenvalue weighted by atomic mass is 14.6. The van der Waals surface area contributed by atoms with Crippen LogP contribution in [0.25, 0.3) is 0 Å². The summed E-state index contributed by atoms with van der Waals surface area (Å²) in [6.07, 6.45) is 23.5. The molecule has 0 fully saturated rings. The van der Waals surface area contributed by atoms with Gasteiger partial charge in [0, 0.05) is 6.04 Å². The molecule has 0 saturated carbocycles. The zero-order valence-electron chi connectivity index (χ0n) is 16.6. The third kappa shape index (κ3) is 12.9. The fourth-order valence-electron chi connectivity index (χ4n) is 3.30. The summed E-state index contributed by atoms with van der Waals surface area (Å²) in [5.41, 5.74) is 7.52. The van der Waals surface area contributed by atoms with E-state index in [1.807, 2.05) is 0 Å². The lowest BCUT2D eigenvalue weighted by Gasteiger charge is -2.11. The van der Waals surface area contributed by atoms with Crippen LogP contribution in [0.3, 0.4) is 0 Å². The van der Waals surface area contributed by atoms with Crippen LogP contribution in [0.15, 0.2) is 42.5 Å². The standard InChI is InChI=1S/C24H41N/c1-2-3-4-5-6-7-8-9-10-11-12-13-14-15-19-22-24(25)23-20-17-16-18-21-23/h9-10,16-18,20-21,24H,2-8,11-15,19,22,25H2,1H3/b10-9-. The van der Waals surface area contributed by atoms with Crippen LogP contribution in [0, 0.1) is 0 Å². The Labute approximate surface area is 157 Å². The molecule has 1 unspecified atom stereocenters. The van der Waals surface area contributed by atoms with E-state index >= 15 is 0 Å². The zero-order valence-corrected chi connectivity index (χ0v) is 16.6. The van der Waals surface area contributed by atoms with Crippen molar-refractivity contribution in [2.45, 2.75) is 103 Å². The zero-order chi connectivity index (χ0) is 18.0. The van der Waals surface area contributed by atoms with E-state index in [1.165, 1.54) is 89.0 Å². The van der Waals surface area contributed by atoms with Gasteiger partial charge < -0.3 is 5.73 Å². The molecular weight excluding hydrogens is 302 g/mol. The summed E-state index contributed by atoms with van der Waals surface area (Å²) >= 11 is 0. The van der Waals surface area contributed by atoms with Crippen LogP contribution in [0.5, 0.6) is 0 Å². The van der Waals surface area contributed by atoms with Gasteiger partial charge in [-0.2, -0.15) is 0 Å². The van der Waals surface area contributed by atoms with E-state index in [-0.39, 0.29) is 6.04 Å². The summed E-state index contributed by atoms with van der Waals surface area (Å²) in [7, 11) is 0. The third-order valence-corrected chi connectivity index (χ3v) is 5.00. The first kappa shape index (κ1) is 22.0. The number of rotatable bonds is 16. The van der Waals surface area contributed by atoms with Crippen molar-refractivity contribution < 1.29 is 0 Å². The van der Waals surface area contributed by atoms with Crippen molar-refractivity contribution in [1.82, 2.24) is 0 Å². The Morgan fingerprint density at radius 2 is 1.24 bits per heavy atom. The van der Waals surface area contributed by atoms with Crippen molar-refractivity contribution in [2.75, 3.05) is 0 Å². The molecule has 1 aromatic carbocycles. The summed E-state index contributed by atoms with van der Waals surface area (Å²) < 4.78 is 0. The summed E-state index contributed by atoms with van der Waals surface area (Å²) in [4.78, 5) is 0. The molecule has 0 amide bonds. The minimum absolute atomic E-state index is 0.214. The van der Waals surface area contributed by atoms with Crippen LogP contribution in [0.1, 0.15) is 108 Å². The van der Waals surface area contributed by atoms with Gasteiger partial charge in [0.25, 0.3) is 0 Å². The van der Waals surface area contributed by atoms with Gasteiger partial charge in [-0.15, -0.1) is 0 Å². The molecule has 1 atom stereocenters. The number of nitrogens with two attached hydrogens (primary N) is 1. The maximum absolute atomic E-state index is 6.24. The molecule has 1 heteroatoms. The SMILES string of the molecule is CCCCCCCC/C=C\CCCCCCCC(N)c1ccccc1. The number of hydrogen-bond acceptors (Lipinski definition) is 1. The van der Waals surface area contributed by atoms with Gasteiger partial charge in [-0.25, -0.2) is 0 Å². The van der Waals surface area contributed by atoms with Gasteiger partial charge in [0.05, 0.1) is 0 Å². The molecule has 2 N–H and O–H groups in total. The fraction of sp³-hybridized carbons (Fsp3) is 0.667. The quantitative estimate of drug-likeness (QED) is 0.241. The third-order valence-electron chi connectivity index (χ3n) is 5.00. The van der Waals surface area contributed by atoms with Crippen LogP contribution in [-0.2, 0) is 0 Å². The monoisotopic (exact) mass is 343 g/mol. The predicted octanol–water partition coefficient (Wildman–Crippen LogP) is 7.72. The van der Waals surface area contributed by atoms with Crippen molar-refractivity contribution in [3.8, 4) is 0 Å². The molecule has 142 valence electrons. The number of unbranched alkanes of at least 4 members (excludes halogenated alkanes) is 11. The van der Waals surface area contributed by atoms with E-state index in [2.05, 4.69) is 49.4 Å². The van der Waals surface area contributed by atoms with E-state index in [4.69, 9.17) is 5.73 Å². The van der Waals surface area contributed by atoms with Crippen molar-refractivity contribution in [1.29, 1.82) is 0 Å². The van der Waals surface area contributed by atoms with E-state index in [0.29, 0.717) is 0 Å². The maximum Gasteiger partial charge on any atom is 0.0294 e. The summed E-state index contributed by atoms with van der Waals surface area (Å²) in [5, 5.41) is 0. The topological polar surface area (TPSA) is 26.0 Å². The van der Waals surface area contributed by atoms with Gasteiger partial charge in [0.15, 0.2) is 0 Å². The molecule has 0 aromatic heterocycles. The molecule has 0 aliphatic carbocycles. The highest BCUT2D eigenvalue weighted by Gasteiger charge is 2.04. The highest BCUT2D eigenvalue weighted by Crippen LogP contribution is 2.17. The first-order chi connectivity index (χ1) is 12.3. The van der Waals surface area contributed by atoms with Crippen LogP contribution in [0.2, 0.25) is 0 Å². The lowest BCUT2D eigenvalue weighted by Crippen LogP contribution is -2.09. The van der Waals surface area contributed by atoms with Gasteiger partial charge in [-0.05, 0) is 37.7 Å². The second-order valence-corrected chi connectivity index (χ2v) is 7.39. The number of benzene rings is 1. The maximum atomic E-state index is 6.24. The van der Waals surface area contributed by atoms with Gasteiger partial charge in [0.1, 0.15) is 0 Å². The molecule has 0 spiro atoms. The number of hydrogen-bond donors (Lipinski definition) is 1. The Hall–Kier alpha value is -1.08. The van der Waals surface area contributed by atoms with Crippen LogP contribution >= 0.6 is 0 Å². The molecule has 0 saturated heterocycles. The minimum Gasteiger partial charge on any atom is -0.324 e. The van der Waals surface area contributed by atoms with Crippen molar-refractivity contribution in [3.63, 3.8) is 0 Å². The first-order valence-corrected chi connectivity index (χ1v) is 10.8. The molecule has 1 aromatic rings. The van der Waals surface area contributed by atoms with E-state index in [1.54, 1.807) is 0 Å². The number of allylic oxidation sites excluding steroid dienone is 2. The lowest BCUT2D eigenvalue weighted by atomic mass is 10.0. The van der Waals surface area contributed by atoms with E-state index in [9.17, 15) is 0 Å². The molecule has 1 rings (SSSR count). The van der Waals surface area contributed by atoms with Gasteiger partial charge in [0.2, 0.25) is 0 Å². The lowest BCUT2D eigenvalue weighted by molar-refractivity contribution is 0.550. The molecule has 0 heterocycles. The van der Waals surface area contributed by atoms with Gasteiger partial charge in [-0.3, -0.25) is 0 Å². The summed E-state index contributed by atoms with van der Waals surface area (Å²) in [6, 6.07) is 10.7. The normalized spacial score (nSPS) is 12.7. The Morgan fingerprint density at radius 3 is 1.84 bits per heavy atom. The molecule has 25 heavy (non-hydrogen) atoms. The first-order valence-electron chi connectivity index (χ1n) is 10.8. The molecule has 0 aliphatic heterocycles. The summed E-state index contributed by atoms with van der Waals surface area (Å²) in [5.74, 6) is 0. The van der Waals surface area contributed by atoms with Crippen LogP contribution < -0.4 is 5.73 Å². The second-order valence-electron chi connectivity index (χ2n) is 7.39. The average Bonchev–Trinajstić information content (AvgIpc) is 2.65. The fourth-order valence-corrected chi connectivity index (χ4v) is 3.30. The van der Waals surface area contributed by atoms with E-state index < -0.39 is 0 Å². The van der Waals surface area contributed by atoms with Crippen molar-refractivity contribution in [3.05, 3.63) is 48.0 Å². The van der Waals surface area contributed by atoms with E-state index in [0.717, 1.165) is 6.42 Å².